The first kappa shape index (κ1) is 13.3. The molecule has 16 heavy (non-hydrogen) atoms. The molecule has 0 saturated carbocycles. The van der Waals surface area contributed by atoms with E-state index < -0.39 is 0 Å². The molecule has 1 N–H and O–H groups in total. The van der Waals surface area contributed by atoms with Crippen molar-refractivity contribution in [2.24, 2.45) is 0 Å². The van der Waals surface area contributed by atoms with Crippen LogP contribution in [-0.4, -0.2) is 28.1 Å². The number of aromatic nitrogens is 1. The number of rotatable bonds is 6. The number of aliphatic hydroxyl groups is 1. The van der Waals surface area contributed by atoms with Gasteiger partial charge in [-0.2, -0.15) is 0 Å². The first-order valence-electron chi connectivity index (χ1n) is 5.52. The van der Waals surface area contributed by atoms with Crippen LogP contribution in [0.5, 0.6) is 5.88 Å². The van der Waals surface area contributed by atoms with E-state index in [9.17, 15) is 5.11 Å². The maximum absolute atomic E-state index is 9.37. The Morgan fingerprint density at radius 1 is 1.44 bits per heavy atom. The van der Waals surface area contributed by atoms with E-state index in [1.807, 2.05) is 39.0 Å². The maximum Gasteiger partial charge on any atom is 0.213 e. The molecule has 2 atom stereocenters. The van der Waals surface area contributed by atoms with E-state index in [0.717, 1.165) is 11.4 Å². The number of nitrogens with zero attached hydrogens (tertiary/aromatic N) is 1. The van der Waals surface area contributed by atoms with Crippen molar-refractivity contribution in [2.45, 2.75) is 37.9 Å². The normalized spacial score (nSPS) is 14.5. The third kappa shape index (κ3) is 4.41. The van der Waals surface area contributed by atoms with Gasteiger partial charge in [0.15, 0.2) is 0 Å². The zero-order chi connectivity index (χ0) is 12.0. The molecule has 0 amide bonds. The van der Waals surface area contributed by atoms with Crippen LogP contribution >= 0.6 is 11.8 Å². The van der Waals surface area contributed by atoms with E-state index in [2.05, 4.69) is 4.98 Å². The number of pyridine rings is 1. The average molecular weight is 241 g/mol. The predicted molar refractivity (Wildman–Crippen MR) is 67.8 cm³/mol. The van der Waals surface area contributed by atoms with Gasteiger partial charge in [-0.15, -0.1) is 11.8 Å². The molecule has 0 aliphatic rings. The molecule has 0 bridgehead atoms. The molecule has 1 heterocycles. The second-order valence-electron chi connectivity index (χ2n) is 3.66. The molecule has 2 unspecified atom stereocenters. The van der Waals surface area contributed by atoms with Gasteiger partial charge in [0.25, 0.3) is 0 Å². The second-order valence-corrected chi connectivity index (χ2v) is 5.02. The van der Waals surface area contributed by atoms with Crippen molar-refractivity contribution in [1.82, 2.24) is 4.98 Å². The van der Waals surface area contributed by atoms with E-state index in [-0.39, 0.29) is 11.4 Å². The van der Waals surface area contributed by atoms with Gasteiger partial charge in [0, 0.05) is 17.1 Å². The van der Waals surface area contributed by atoms with Crippen LogP contribution in [-0.2, 0) is 5.75 Å². The van der Waals surface area contributed by atoms with Crippen molar-refractivity contribution < 1.29 is 9.84 Å². The molecule has 0 aromatic carbocycles. The van der Waals surface area contributed by atoms with E-state index in [4.69, 9.17) is 4.74 Å². The van der Waals surface area contributed by atoms with Gasteiger partial charge < -0.3 is 9.84 Å². The molecule has 1 aromatic rings. The Balaban J connectivity index is 2.50. The molecule has 1 rings (SSSR count). The Kier molecular flexibility index (Phi) is 5.63. The summed E-state index contributed by atoms with van der Waals surface area (Å²) in [6.07, 6.45) is -0.292. The van der Waals surface area contributed by atoms with Gasteiger partial charge in [-0.25, -0.2) is 4.98 Å². The lowest BCUT2D eigenvalue weighted by Crippen LogP contribution is -2.15. The Bertz CT molecular complexity index is 318. The van der Waals surface area contributed by atoms with Gasteiger partial charge >= 0.3 is 0 Å². The fraction of sp³-hybridized carbons (Fsp3) is 0.583. The van der Waals surface area contributed by atoms with Crippen molar-refractivity contribution in [3.05, 3.63) is 23.9 Å². The maximum atomic E-state index is 9.37. The molecular weight excluding hydrogens is 222 g/mol. The van der Waals surface area contributed by atoms with Gasteiger partial charge in [0.1, 0.15) is 0 Å². The van der Waals surface area contributed by atoms with Gasteiger partial charge in [0.05, 0.1) is 18.4 Å². The minimum Gasteiger partial charge on any atom is -0.478 e. The van der Waals surface area contributed by atoms with Gasteiger partial charge in [0.2, 0.25) is 5.88 Å². The summed E-state index contributed by atoms with van der Waals surface area (Å²) in [7, 11) is 0. The molecule has 3 nitrogen and oxygen atoms in total. The van der Waals surface area contributed by atoms with E-state index >= 15 is 0 Å². The van der Waals surface area contributed by atoms with E-state index in [1.54, 1.807) is 11.8 Å². The van der Waals surface area contributed by atoms with Crippen LogP contribution < -0.4 is 4.74 Å². The van der Waals surface area contributed by atoms with Crippen LogP contribution in [0, 0.1) is 0 Å². The second kappa shape index (κ2) is 6.76. The number of thioether (sulfide) groups is 1. The third-order valence-electron chi connectivity index (χ3n) is 2.25. The zero-order valence-electron chi connectivity index (χ0n) is 10.0. The minimum absolute atomic E-state index is 0.220. The van der Waals surface area contributed by atoms with Gasteiger partial charge in [-0.05, 0) is 19.9 Å². The average Bonchev–Trinajstić information content (AvgIpc) is 2.26. The van der Waals surface area contributed by atoms with Gasteiger partial charge in [-0.1, -0.05) is 13.0 Å². The smallest absolute Gasteiger partial charge is 0.213 e. The van der Waals surface area contributed by atoms with E-state index in [0.29, 0.717) is 12.5 Å². The first-order chi connectivity index (χ1) is 7.63. The summed E-state index contributed by atoms with van der Waals surface area (Å²) in [6.45, 7) is 6.40. The largest absolute Gasteiger partial charge is 0.478 e. The molecule has 0 radical (unpaired) electrons. The lowest BCUT2D eigenvalue weighted by molar-refractivity contribution is 0.196. The summed E-state index contributed by atoms with van der Waals surface area (Å²) in [5.74, 6) is 1.47. The summed E-state index contributed by atoms with van der Waals surface area (Å²) in [4.78, 5) is 4.37. The molecule has 90 valence electrons. The summed E-state index contributed by atoms with van der Waals surface area (Å²) >= 11 is 1.70. The van der Waals surface area contributed by atoms with Crippen LogP contribution in [0.4, 0.5) is 0 Å². The predicted octanol–water partition coefficient (Wildman–Crippen LogP) is 2.48. The SMILES string of the molecule is CCOc1cccc(CSC(C)C(C)O)n1. The van der Waals surface area contributed by atoms with Crippen LogP contribution in [0.2, 0.25) is 0 Å². The minimum atomic E-state index is -0.292. The Morgan fingerprint density at radius 3 is 2.81 bits per heavy atom. The highest BCUT2D eigenvalue weighted by molar-refractivity contribution is 7.99. The van der Waals surface area contributed by atoms with Crippen molar-refractivity contribution in [3.8, 4) is 5.88 Å². The summed E-state index contributed by atoms with van der Waals surface area (Å²) in [5, 5.41) is 9.59. The fourth-order valence-electron chi connectivity index (χ4n) is 1.12. The monoisotopic (exact) mass is 241 g/mol. The Hall–Kier alpha value is -0.740. The number of aliphatic hydroxyl groups excluding tert-OH is 1. The molecule has 1 aromatic heterocycles. The molecule has 4 heteroatoms. The summed E-state index contributed by atoms with van der Waals surface area (Å²) in [5.41, 5.74) is 0.989. The quantitative estimate of drug-likeness (QED) is 0.831. The molecule has 0 aliphatic heterocycles. The summed E-state index contributed by atoms with van der Waals surface area (Å²) < 4.78 is 5.33. The number of hydrogen-bond acceptors (Lipinski definition) is 4. The van der Waals surface area contributed by atoms with E-state index in [1.165, 1.54) is 0 Å². The molecule has 0 aliphatic carbocycles. The summed E-state index contributed by atoms with van der Waals surface area (Å²) in [6, 6.07) is 5.78. The van der Waals surface area contributed by atoms with Crippen molar-refractivity contribution in [2.75, 3.05) is 6.61 Å². The van der Waals surface area contributed by atoms with Gasteiger partial charge in [-0.3, -0.25) is 0 Å². The Labute approximate surface area is 101 Å². The van der Waals surface area contributed by atoms with Crippen molar-refractivity contribution in [1.29, 1.82) is 0 Å². The van der Waals surface area contributed by atoms with Crippen LogP contribution in [0.15, 0.2) is 18.2 Å². The molecule has 0 fully saturated rings. The highest BCUT2D eigenvalue weighted by atomic mass is 32.2. The Morgan fingerprint density at radius 2 is 2.19 bits per heavy atom. The van der Waals surface area contributed by atoms with Crippen LogP contribution in [0.25, 0.3) is 0 Å². The number of ether oxygens (including phenoxy) is 1. The third-order valence-corrected chi connectivity index (χ3v) is 3.63. The van der Waals surface area contributed by atoms with Crippen LogP contribution in [0.1, 0.15) is 26.5 Å². The molecular formula is C12H19NO2S. The van der Waals surface area contributed by atoms with Crippen LogP contribution in [0.3, 0.4) is 0 Å². The standard InChI is InChI=1S/C12H19NO2S/c1-4-15-12-7-5-6-11(13-12)8-16-10(3)9(2)14/h5-7,9-10,14H,4,8H2,1-3H3. The lowest BCUT2D eigenvalue weighted by Gasteiger charge is -2.13. The molecule has 0 spiro atoms. The zero-order valence-corrected chi connectivity index (χ0v) is 10.8. The first-order valence-corrected chi connectivity index (χ1v) is 6.56. The molecule has 0 saturated heterocycles. The highest BCUT2D eigenvalue weighted by Crippen LogP contribution is 2.20. The van der Waals surface area contributed by atoms with Crippen molar-refractivity contribution in [3.63, 3.8) is 0 Å². The van der Waals surface area contributed by atoms with Crippen molar-refractivity contribution >= 4 is 11.8 Å². The number of hydrogen-bond donors (Lipinski definition) is 1. The lowest BCUT2D eigenvalue weighted by atomic mass is 10.3. The fourth-order valence-corrected chi connectivity index (χ4v) is 2.00. The highest BCUT2D eigenvalue weighted by Gasteiger charge is 2.09. The topological polar surface area (TPSA) is 42.4 Å².